The Morgan fingerprint density at radius 1 is 1.33 bits per heavy atom. The summed E-state index contributed by atoms with van der Waals surface area (Å²) in [6.07, 6.45) is 15.6. The van der Waals surface area contributed by atoms with Gasteiger partial charge >= 0.3 is 0 Å². The fourth-order valence-corrected chi connectivity index (χ4v) is 4.20. The first-order valence-electron chi connectivity index (χ1n) is 5.77. The van der Waals surface area contributed by atoms with E-state index in [4.69, 9.17) is 0 Å². The van der Waals surface area contributed by atoms with Gasteiger partial charge in [0.15, 0.2) is 0 Å². The van der Waals surface area contributed by atoms with Crippen LogP contribution in [0, 0.1) is 5.92 Å². The Kier molecular flexibility index (Phi) is 2.36. The SMILES string of the molecule is CC1=CCC=C2C(=C1)SC1CCC=CC21. The predicted octanol–water partition coefficient (Wildman–Crippen LogP) is 4.23. The molecule has 0 nitrogen and oxygen atoms in total. The molecule has 78 valence electrons. The molecule has 2 unspecified atom stereocenters. The van der Waals surface area contributed by atoms with E-state index in [0.717, 1.165) is 11.7 Å². The molecule has 0 N–H and O–H groups in total. The lowest BCUT2D eigenvalue weighted by Gasteiger charge is -2.18. The van der Waals surface area contributed by atoms with Crippen LogP contribution >= 0.6 is 11.8 Å². The van der Waals surface area contributed by atoms with Gasteiger partial charge in [0, 0.05) is 16.1 Å². The van der Waals surface area contributed by atoms with Gasteiger partial charge in [0.05, 0.1) is 0 Å². The van der Waals surface area contributed by atoms with Crippen molar-refractivity contribution < 1.29 is 0 Å². The molecule has 0 amide bonds. The highest BCUT2D eigenvalue weighted by Gasteiger charge is 2.35. The first kappa shape index (κ1) is 9.53. The Bertz CT molecular complexity index is 396. The highest BCUT2D eigenvalue weighted by molar-refractivity contribution is 8.04. The van der Waals surface area contributed by atoms with Gasteiger partial charge in [-0.3, -0.25) is 0 Å². The smallest absolute Gasteiger partial charge is 0.0201 e. The van der Waals surface area contributed by atoms with E-state index in [2.05, 4.69) is 49.1 Å². The first-order valence-corrected chi connectivity index (χ1v) is 6.65. The maximum absolute atomic E-state index is 2.43. The van der Waals surface area contributed by atoms with Crippen LogP contribution in [0.2, 0.25) is 0 Å². The lowest BCUT2D eigenvalue weighted by Crippen LogP contribution is -2.13. The van der Waals surface area contributed by atoms with E-state index in [9.17, 15) is 0 Å². The summed E-state index contributed by atoms with van der Waals surface area (Å²) >= 11 is 2.10. The van der Waals surface area contributed by atoms with E-state index in [1.165, 1.54) is 23.3 Å². The molecule has 1 aliphatic heterocycles. The summed E-state index contributed by atoms with van der Waals surface area (Å²) in [5.41, 5.74) is 3.01. The van der Waals surface area contributed by atoms with Gasteiger partial charge in [-0.2, -0.15) is 0 Å². The van der Waals surface area contributed by atoms with Crippen molar-refractivity contribution in [2.24, 2.45) is 5.92 Å². The Morgan fingerprint density at radius 2 is 2.27 bits per heavy atom. The number of fused-ring (bicyclic) bond motifs is 3. The average Bonchev–Trinajstić information content (AvgIpc) is 2.46. The van der Waals surface area contributed by atoms with Gasteiger partial charge in [0.2, 0.25) is 0 Å². The van der Waals surface area contributed by atoms with E-state index in [1.54, 1.807) is 5.57 Å². The molecule has 1 heterocycles. The number of rotatable bonds is 0. The van der Waals surface area contributed by atoms with E-state index in [-0.39, 0.29) is 0 Å². The third kappa shape index (κ3) is 1.63. The van der Waals surface area contributed by atoms with Crippen molar-refractivity contribution in [1.29, 1.82) is 0 Å². The Hall–Kier alpha value is -0.690. The minimum atomic E-state index is 0.703. The highest BCUT2D eigenvalue weighted by atomic mass is 32.2. The van der Waals surface area contributed by atoms with Gasteiger partial charge in [-0.15, -0.1) is 11.8 Å². The van der Waals surface area contributed by atoms with Crippen molar-refractivity contribution in [3.63, 3.8) is 0 Å². The summed E-state index contributed by atoms with van der Waals surface area (Å²) in [4.78, 5) is 1.53. The molecule has 1 fully saturated rings. The molecule has 3 aliphatic rings. The molecular weight excluding hydrogens is 200 g/mol. The second-order valence-electron chi connectivity index (χ2n) is 4.54. The van der Waals surface area contributed by atoms with Crippen LogP contribution in [-0.4, -0.2) is 5.25 Å². The number of allylic oxidation sites excluding steroid dienone is 7. The second-order valence-corrected chi connectivity index (χ2v) is 5.82. The molecule has 1 saturated heterocycles. The van der Waals surface area contributed by atoms with Crippen molar-refractivity contribution >= 4 is 11.8 Å². The third-order valence-electron chi connectivity index (χ3n) is 3.42. The van der Waals surface area contributed by atoms with Crippen molar-refractivity contribution in [2.75, 3.05) is 0 Å². The molecule has 0 radical (unpaired) electrons. The minimum absolute atomic E-state index is 0.703. The molecule has 0 spiro atoms. The molecular formula is C14H16S. The topological polar surface area (TPSA) is 0 Å². The van der Waals surface area contributed by atoms with E-state index in [1.807, 2.05) is 0 Å². The lowest BCUT2D eigenvalue weighted by molar-refractivity contribution is 0.645. The van der Waals surface area contributed by atoms with Crippen LogP contribution in [0.25, 0.3) is 0 Å². The Labute approximate surface area is 95.8 Å². The molecule has 0 aromatic carbocycles. The van der Waals surface area contributed by atoms with Crippen molar-refractivity contribution in [1.82, 2.24) is 0 Å². The molecule has 0 aromatic rings. The molecule has 1 heteroatoms. The maximum atomic E-state index is 2.43. The fraction of sp³-hybridized carbons (Fsp3) is 0.429. The molecule has 2 aliphatic carbocycles. The Morgan fingerprint density at radius 3 is 3.20 bits per heavy atom. The van der Waals surface area contributed by atoms with E-state index < -0.39 is 0 Å². The number of hydrogen-bond acceptors (Lipinski definition) is 1. The van der Waals surface area contributed by atoms with Crippen LogP contribution in [0.5, 0.6) is 0 Å². The van der Waals surface area contributed by atoms with Crippen LogP contribution in [0.1, 0.15) is 26.2 Å². The van der Waals surface area contributed by atoms with Crippen molar-refractivity contribution in [3.8, 4) is 0 Å². The summed E-state index contributed by atoms with van der Waals surface area (Å²) in [6, 6.07) is 0. The van der Waals surface area contributed by atoms with Crippen LogP contribution in [0.3, 0.4) is 0 Å². The summed E-state index contributed by atoms with van der Waals surface area (Å²) in [5, 5.41) is 0.818. The summed E-state index contributed by atoms with van der Waals surface area (Å²) in [7, 11) is 0. The van der Waals surface area contributed by atoms with E-state index in [0.29, 0.717) is 5.92 Å². The summed E-state index contributed by atoms with van der Waals surface area (Å²) in [6.45, 7) is 2.21. The largest absolute Gasteiger partial charge is 0.121 e. The van der Waals surface area contributed by atoms with Gasteiger partial charge < -0.3 is 0 Å². The van der Waals surface area contributed by atoms with Gasteiger partial charge in [-0.1, -0.05) is 29.9 Å². The third-order valence-corrected chi connectivity index (χ3v) is 4.86. The Balaban J connectivity index is 2.00. The van der Waals surface area contributed by atoms with Crippen LogP contribution < -0.4 is 0 Å². The maximum Gasteiger partial charge on any atom is 0.0201 e. The van der Waals surface area contributed by atoms with Crippen molar-refractivity contribution in [2.45, 2.75) is 31.4 Å². The molecule has 15 heavy (non-hydrogen) atoms. The first-order chi connectivity index (χ1) is 7.34. The van der Waals surface area contributed by atoms with E-state index >= 15 is 0 Å². The fourth-order valence-electron chi connectivity index (χ4n) is 2.63. The monoisotopic (exact) mass is 216 g/mol. The van der Waals surface area contributed by atoms with Crippen molar-refractivity contribution in [3.05, 3.63) is 46.4 Å². The zero-order chi connectivity index (χ0) is 10.3. The van der Waals surface area contributed by atoms with Gasteiger partial charge in [-0.25, -0.2) is 0 Å². The average molecular weight is 216 g/mol. The van der Waals surface area contributed by atoms with Crippen LogP contribution in [0.4, 0.5) is 0 Å². The van der Waals surface area contributed by atoms with Crippen LogP contribution in [0.15, 0.2) is 46.4 Å². The number of hydrogen-bond donors (Lipinski definition) is 0. The van der Waals surface area contributed by atoms with Crippen LogP contribution in [-0.2, 0) is 0 Å². The normalized spacial score (nSPS) is 33.5. The van der Waals surface area contributed by atoms with Gasteiger partial charge in [-0.05, 0) is 37.8 Å². The molecule has 0 bridgehead atoms. The quantitative estimate of drug-likeness (QED) is 0.546. The molecule has 2 atom stereocenters. The zero-order valence-corrected chi connectivity index (χ0v) is 9.89. The van der Waals surface area contributed by atoms with Gasteiger partial charge in [0.25, 0.3) is 0 Å². The molecule has 3 rings (SSSR count). The minimum Gasteiger partial charge on any atom is -0.121 e. The standard InChI is InChI=1S/C14H16S/c1-10-5-4-7-12-11-6-2-3-8-13(11)15-14(12)9-10/h2,5-7,9,11,13H,3-4,8H2,1H3. The molecule has 0 saturated carbocycles. The molecule has 0 aromatic heterocycles. The van der Waals surface area contributed by atoms with Gasteiger partial charge in [0.1, 0.15) is 0 Å². The summed E-state index contributed by atoms with van der Waals surface area (Å²) in [5.74, 6) is 0.703. The predicted molar refractivity (Wildman–Crippen MR) is 67.8 cm³/mol. The highest BCUT2D eigenvalue weighted by Crippen LogP contribution is 2.50. The summed E-state index contributed by atoms with van der Waals surface area (Å²) < 4.78 is 0. The number of thioether (sulfide) groups is 1. The zero-order valence-electron chi connectivity index (χ0n) is 9.07. The second kappa shape index (κ2) is 3.71. The lowest BCUT2D eigenvalue weighted by atomic mass is 9.88.